The molecule has 4 heterocycles. The number of aromatic nitrogens is 4. The van der Waals surface area contributed by atoms with E-state index >= 15 is 0 Å². The van der Waals surface area contributed by atoms with Gasteiger partial charge in [-0.1, -0.05) is 6.07 Å². The number of rotatable bonds is 4. The van der Waals surface area contributed by atoms with Crippen LogP contribution >= 0.6 is 0 Å². The van der Waals surface area contributed by atoms with Crippen molar-refractivity contribution in [2.45, 2.75) is 25.8 Å². The van der Waals surface area contributed by atoms with Crippen LogP contribution in [0.4, 0.5) is 8.78 Å². The van der Waals surface area contributed by atoms with Gasteiger partial charge >= 0.3 is 5.97 Å². The quantitative estimate of drug-likeness (QED) is 0.520. The van der Waals surface area contributed by atoms with Crippen molar-refractivity contribution < 1.29 is 23.8 Å². The van der Waals surface area contributed by atoms with Crippen molar-refractivity contribution >= 4 is 16.9 Å². The molecule has 0 atom stereocenters. The highest BCUT2D eigenvalue weighted by molar-refractivity contribution is 6.00. The number of carbonyl (C=O) groups is 1. The number of hydrogen-bond acceptors (Lipinski definition) is 5. The number of carboxylic acid groups (broad SMARTS) is 1. The molecule has 0 bridgehead atoms. The maximum Gasteiger partial charge on any atom is 0.356 e. The lowest BCUT2D eigenvalue weighted by Crippen LogP contribution is -2.02. The molecule has 2 N–H and O–H groups in total. The first-order valence-corrected chi connectivity index (χ1v) is 9.66. The van der Waals surface area contributed by atoms with Crippen LogP contribution in [0.5, 0.6) is 5.88 Å². The highest BCUT2D eigenvalue weighted by Gasteiger charge is 2.26. The molecule has 3 aromatic heterocycles. The van der Waals surface area contributed by atoms with E-state index in [4.69, 9.17) is 5.11 Å². The fraction of sp³-hybridized carbons (Fsp3) is 0.182. The topological polar surface area (TPSA) is 101 Å². The standard InChI is InChI=1S/C22H16F2N4O3/c23-12-4-3-11(15(24)7-12)6-13-8-14(16-9-26-17(10-25-16)22(30)31)19-20(27-13)18-2-1-5-28(18)21(19)29/h3-4,7-10,29H,1-2,5-6H2,(H,30,31). The molecule has 31 heavy (non-hydrogen) atoms. The molecule has 0 aliphatic carbocycles. The smallest absolute Gasteiger partial charge is 0.356 e. The van der Waals surface area contributed by atoms with Crippen LogP contribution < -0.4 is 0 Å². The van der Waals surface area contributed by atoms with Crippen LogP contribution in [0, 0.1) is 11.6 Å². The zero-order valence-corrected chi connectivity index (χ0v) is 16.1. The summed E-state index contributed by atoms with van der Waals surface area (Å²) in [7, 11) is 0. The largest absolute Gasteiger partial charge is 0.494 e. The van der Waals surface area contributed by atoms with E-state index in [1.54, 1.807) is 10.6 Å². The summed E-state index contributed by atoms with van der Waals surface area (Å²) in [6.07, 6.45) is 4.19. The van der Waals surface area contributed by atoms with Crippen LogP contribution in [0.25, 0.3) is 22.2 Å². The summed E-state index contributed by atoms with van der Waals surface area (Å²) in [4.78, 5) is 23.9. The highest BCUT2D eigenvalue weighted by Crippen LogP contribution is 2.40. The summed E-state index contributed by atoms with van der Waals surface area (Å²) >= 11 is 0. The second-order valence-corrected chi connectivity index (χ2v) is 7.41. The van der Waals surface area contributed by atoms with Crippen molar-refractivity contribution in [2.75, 3.05) is 0 Å². The Kier molecular flexibility index (Phi) is 4.39. The fourth-order valence-electron chi connectivity index (χ4n) is 4.05. The monoisotopic (exact) mass is 422 g/mol. The number of pyridine rings is 1. The van der Waals surface area contributed by atoms with Gasteiger partial charge in [-0.05, 0) is 30.5 Å². The van der Waals surface area contributed by atoms with E-state index in [0.29, 0.717) is 34.4 Å². The number of halogens is 2. The van der Waals surface area contributed by atoms with Gasteiger partial charge in [0.1, 0.15) is 11.6 Å². The third-order valence-corrected chi connectivity index (χ3v) is 5.48. The summed E-state index contributed by atoms with van der Waals surface area (Å²) in [6.45, 7) is 0.655. The van der Waals surface area contributed by atoms with E-state index in [1.165, 1.54) is 18.3 Å². The van der Waals surface area contributed by atoms with Crippen molar-refractivity contribution in [3.05, 3.63) is 70.9 Å². The van der Waals surface area contributed by atoms with Gasteiger partial charge in [-0.25, -0.2) is 18.6 Å². The molecule has 156 valence electrons. The molecule has 4 aromatic rings. The molecule has 0 unspecified atom stereocenters. The second-order valence-electron chi connectivity index (χ2n) is 7.41. The number of hydrogen-bond donors (Lipinski definition) is 2. The molecule has 1 aliphatic rings. The molecule has 0 amide bonds. The Hall–Kier alpha value is -3.88. The Morgan fingerprint density at radius 3 is 2.71 bits per heavy atom. The molecule has 7 nitrogen and oxygen atoms in total. The molecule has 0 spiro atoms. The third-order valence-electron chi connectivity index (χ3n) is 5.48. The van der Waals surface area contributed by atoms with E-state index in [1.807, 2.05) is 0 Å². The van der Waals surface area contributed by atoms with Crippen LogP contribution in [0.1, 0.15) is 33.9 Å². The van der Waals surface area contributed by atoms with Gasteiger partial charge in [0.25, 0.3) is 0 Å². The van der Waals surface area contributed by atoms with Gasteiger partial charge in [-0.15, -0.1) is 0 Å². The molecule has 1 aromatic carbocycles. The molecule has 0 radical (unpaired) electrons. The second kappa shape index (κ2) is 7.12. The maximum atomic E-state index is 14.2. The van der Waals surface area contributed by atoms with E-state index in [-0.39, 0.29) is 23.6 Å². The van der Waals surface area contributed by atoms with Crippen molar-refractivity contribution in [3.8, 4) is 17.1 Å². The van der Waals surface area contributed by atoms with Gasteiger partial charge in [-0.3, -0.25) is 9.97 Å². The molecule has 1 aliphatic heterocycles. The number of carboxylic acids is 1. The number of aromatic carboxylic acids is 1. The van der Waals surface area contributed by atoms with E-state index in [0.717, 1.165) is 30.8 Å². The Balaban J connectivity index is 1.70. The normalized spacial score (nSPS) is 13.0. The minimum atomic E-state index is -1.20. The Morgan fingerprint density at radius 1 is 1.16 bits per heavy atom. The number of benzene rings is 1. The van der Waals surface area contributed by atoms with E-state index in [9.17, 15) is 18.7 Å². The van der Waals surface area contributed by atoms with Gasteiger partial charge < -0.3 is 14.8 Å². The number of aryl methyl sites for hydroxylation is 1. The Bertz CT molecular complexity index is 1350. The van der Waals surface area contributed by atoms with Crippen LogP contribution in [-0.4, -0.2) is 35.7 Å². The van der Waals surface area contributed by atoms with Gasteiger partial charge in [0.15, 0.2) is 5.69 Å². The first kappa shape index (κ1) is 19.1. The third kappa shape index (κ3) is 3.18. The predicted molar refractivity (Wildman–Crippen MR) is 107 cm³/mol. The minimum absolute atomic E-state index is 0.0635. The molecular formula is C22H16F2N4O3. The van der Waals surface area contributed by atoms with Crippen molar-refractivity contribution in [1.29, 1.82) is 0 Å². The van der Waals surface area contributed by atoms with Crippen LogP contribution in [0.3, 0.4) is 0 Å². The fourth-order valence-corrected chi connectivity index (χ4v) is 4.05. The number of fused-ring (bicyclic) bond motifs is 3. The maximum absolute atomic E-state index is 14.2. The lowest BCUT2D eigenvalue weighted by Gasteiger charge is -2.09. The molecule has 0 saturated heterocycles. The Labute approximate surface area is 174 Å². The average molecular weight is 422 g/mol. The van der Waals surface area contributed by atoms with Gasteiger partial charge in [0.05, 0.1) is 29.0 Å². The van der Waals surface area contributed by atoms with Crippen LogP contribution in [0.2, 0.25) is 0 Å². The molecule has 0 saturated carbocycles. The summed E-state index contributed by atoms with van der Waals surface area (Å²) in [5.74, 6) is -2.46. The molecular weight excluding hydrogens is 406 g/mol. The average Bonchev–Trinajstić information content (AvgIpc) is 3.33. The summed E-state index contributed by atoms with van der Waals surface area (Å²) in [5, 5.41) is 20.4. The predicted octanol–water partition coefficient (Wildman–Crippen LogP) is 3.71. The van der Waals surface area contributed by atoms with Crippen molar-refractivity contribution in [2.24, 2.45) is 0 Å². The molecule has 5 rings (SSSR count). The van der Waals surface area contributed by atoms with Crippen molar-refractivity contribution in [1.82, 2.24) is 19.5 Å². The van der Waals surface area contributed by atoms with Crippen LogP contribution in [-0.2, 0) is 19.4 Å². The van der Waals surface area contributed by atoms with E-state index < -0.39 is 17.6 Å². The Morgan fingerprint density at radius 2 is 2.00 bits per heavy atom. The van der Waals surface area contributed by atoms with E-state index in [2.05, 4.69) is 15.0 Å². The molecule has 0 fully saturated rings. The van der Waals surface area contributed by atoms with Crippen molar-refractivity contribution in [3.63, 3.8) is 0 Å². The van der Waals surface area contributed by atoms with Gasteiger partial charge in [0, 0.05) is 36.0 Å². The SMILES string of the molecule is O=C(O)c1cnc(-c2cc(Cc3ccc(F)cc3F)nc3c4n(c(O)c23)CCC4)cn1. The first-order chi connectivity index (χ1) is 14.9. The minimum Gasteiger partial charge on any atom is -0.494 e. The zero-order chi connectivity index (χ0) is 21.7. The molecule has 9 heteroatoms. The first-order valence-electron chi connectivity index (χ1n) is 9.66. The lowest BCUT2D eigenvalue weighted by molar-refractivity contribution is 0.0690. The zero-order valence-electron chi connectivity index (χ0n) is 16.1. The lowest BCUT2D eigenvalue weighted by atomic mass is 10.0. The highest BCUT2D eigenvalue weighted by atomic mass is 19.1. The van der Waals surface area contributed by atoms with Gasteiger partial charge in [0.2, 0.25) is 5.88 Å². The number of aromatic hydroxyl groups is 1. The van der Waals surface area contributed by atoms with Crippen LogP contribution in [0.15, 0.2) is 36.7 Å². The summed E-state index contributed by atoms with van der Waals surface area (Å²) in [5.41, 5.74) is 2.94. The van der Waals surface area contributed by atoms with Gasteiger partial charge in [-0.2, -0.15) is 0 Å². The summed E-state index contributed by atoms with van der Waals surface area (Å²) < 4.78 is 29.3. The summed E-state index contributed by atoms with van der Waals surface area (Å²) in [6, 6.07) is 5.06. The number of nitrogens with zero attached hydrogens (tertiary/aromatic N) is 4.